The molecule has 0 aliphatic carbocycles. The summed E-state index contributed by atoms with van der Waals surface area (Å²) >= 11 is 0. The molecule has 1 unspecified atom stereocenters. The van der Waals surface area contributed by atoms with Gasteiger partial charge in [0, 0.05) is 19.8 Å². The lowest BCUT2D eigenvalue weighted by atomic mass is 10.1. The zero-order chi connectivity index (χ0) is 12.2. The molecule has 0 saturated carbocycles. The van der Waals surface area contributed by atoms with Gasteiger partial charge in [-0.1, -0.05) is 20.3 Å². The van der Waals surface area contributed by atoms with E-state index >= 15 is 0 Å². The number of nitriles is 1. The van der Waals surface area contributed by atoms with E-state index < -0.39 is 5.92 Å². The Balaban J connectivity index is 3.38. The van der Waals surface area contributed by atoms with Gasteiger partial charge in [0.2, 0.25) is 5.91 Å². The first kappa shape index (κ1) is 14.9. The molecular weight excluding hydrogens is 204 g/mol. The molecule has 1 amide bonds. The predicted molar refractivity (Wildman–Crippen MR) is 62.7 cm³/mol. The number of carbonyl (C=O) groups excluding carboxylic acids is 1. The van der Waals surface area contributed by atoms with E-state index in [9.17, 15) is 4.79 Å². The van der Waals surface area contributed by atoms with Gasteiger partial charge in [-0.25, -0.2) is 0 Å². The molecular formula is C12H22N2O2. The first-order valence-electron chi connectivity index (χ1n) is 6.01. The van der Waals surface area contributed by atoms with Gasteiger partial charge in [0.15, 0.2) is 0 Å². The molecule has 0 radical (unpaired) electrons. The monoisotopic (exact) mass is 226 g/mol. The number of amides is 1. The highest BCUT2D eigenvalue weighted by Gasteiger charge is 2.13. The molecule has 0 aliphatic heterocycles. The van der Waals surface area contributed by atoms with Crippen molar-refractivity contribution in [2.24, 2.45) is 5.92 Å². The van der Waals surface area contributed by atoms with Crippen LogP contribution < -0.4 is 5.32 Å². The Bertz CT molecular complexity index is 224. The molecule has 4 heteroatoms. The molecule has 0 aromatic rings. The van der Waals surface area contributed by atoms with Crippen LogP contribution in [0, 0.1) is 17.2 Å². The van der Waals surface area contributed by atoms with Crippen molar-refractivity contribution in [1.82, 2.24) is 5.32 Å². The van der Waals surface area contributed by atoms with Crippen molar-refractivity contribution in [3.8, 4) is 6.07 Å². The number of nitrogens with one attached hydrogen (secondary N) is 1. The standard InChI is InChI=1S/C12H22N2O2/c1-3-5-8-16-9-6-7-14-12(15)11(4-2)10-13/h11H,3-9H2,1-2H3,(H,14,15). The van der Waals surface area contributed by atoms with Gasteiger partial charge in [0.05, 0.1) is 6.07 Å². The van der Waals surface area contributed by atoms with E-state index in [1.54, 1.807) is 0 Å². The minimum atomic E-state index is -0.513. The number of nitrogens with zero attached hydrogens (tertiary/aromatic N) is 1. The summed E-state index contributed by atoms with van der Waals surface area (Å²) in [5.74, 6) is -0.681. The Kier molecular flexibility index (Phi) is 9.73. The van der Waals surface area contributed by atoms with Gasteiger partial charge in [-0.3, -0.25) is 4.79 Å². The zero-order valence-electron chi connectivity index (χ0n) is 10.3. The second-order valence-electron chi connectivity index (χ2n) is 3.70. The lowest BCUT2D eigenvalue weighted by Crippen LogP contribution is -2.30. The van der Waals surface area contributed by atoms with Crippen LogP contribution >= 0.6 is 0 Å². The fourth-order valence-electron chi connectivity index (χ4n) is 1.19. The second kappa shape index (κ2) is 10.4. The third-order valence-electron chi connectivity index (χ3n) is 2.29. The SMILES string of the molecule is CCCCOCCCNC(=O)C(C#N)CC. The highest BCUT2D eigenvalue weighted by Crippen LogP contribution is 1.99. The third kappa shape index (κ3) is 7.24. The lowest BCUT2D eigenvalue weighted by Gasteiger charge is -2.08. The first-order valence-corrected chi connectivity index (χ1v) is 6.01. The third-order valence-corrected chi connectivity index (χ3v) is 2.29. The molecule has 1 N–H and O–H groups in total. The quantitative estimate of drug-likeness (QED) is 0.610. The van der Waals surface area contributed by atoms with Crippen LogP contribution in [-0.2, 0) is 9.53 Å². The Morgan fingerprint density at radius 2 is 2.06 bits per heavy atom. The Labute approximate surface area is 98.0 Å². The van der Waals surface area contributed by atoms with Crippen LogP contribution in [0.5, 0.6) is 0 Å². The normalized spacial score (nSPS) is 11.8. The van der Waals surface area contributed by atoms with Crippen LogP contribution in [0.4, 0.5) is 0 Å². The highest BCUT2D eigenvalue weighted by molar-refractivity contribution is 5.80. The zero-order valence-corrected chi connectivity index (χ0v) is 10.3. The molecule has 0 aliphatic rings. The smallest absolute Gasteiger partial charge is 0.237 e. The Hall–Kier alpha value is -1.08. The van der Waals surface area contributed by atoms with Crippen molar-refractivity contribution in [2.45, 2.75) is 39.5 Å². The lowest BCUT2D eigenvalue weighted by molar-refractivity contribution is -0.123. The summed E-state index contributed by atoms with van der Waals surface area (Å²) in [5, 5.41) is 11.4. The molecule has 0 saturated heterocycles. The summed E-state index contributed by atoms with van der Waals surface area (Å²) in [6.45, 7) is 6.00. The number of unbranched alkanes of at least 4 members (excludes halogenated alkanes) is 1. The molecule has 4 nitrogen and oxygen atoms in total. The van der Waals surface area contributed by atoms with Crippen LogP contribution in [0.2, 0.25) is 0 Å². The summed E-state index contributed by atoms with van der Waals surface area (Å²) in [6, 6.07) is 1.98. The number of ether oxygens (including phenoxy) is 1. The van der Waals surface area contributed by atoms with Gasteiger partial charge in [0.1, 0.15) is 5.92 Å². The van der Waals surface area contributed by atoms with Crippen molar-refractivity contribution in [2.75, 3.05) is 19.8 Å². The van der Waals surface area contributed by atoms with E-state index in [0.29, 0.717) is 19.6 Å². The second-order valence-corrected chi connectivity index (χ2v) is 3.70. The summed E-state index contributed by atoms with van der Waals surface area (Å²) in [4.78, 5) is 11.4. The van der Waals surface area contributed by atoms with Gasteiger partial charge in [0.25, 0.3) is 0 Å². The fraction of sp³-hybridized carbons (Fsp3) is 0.833. The van der Waals surface area contributed by atoms with Gasteiger partial charge in [-0.15, -0.1) is 0 Å². The van der Waals surface area contributed by atoms with E-state index in [4.69, 9.17) is 10.00 Å². The van der Waals surface area contributed by atoms with Crippen LogP contribution in [0.1, 0.15) is 39.5 Å². The molecule has 0 bridgehead atoms. The Morgan fingerprint density at radius 3 is 2.62 bits per heavy atom. The van der Waals surface area contributed by atoms with Gasteiger partial charge < -0.3 is 10.1 Å². The Morgan fingerprint density at radius 1 is 1.38 bits per heavy atom. The summed E-state index contributed by atoms with van der Waals surface area (Å²) in [6.07, 6.45) is 3.59. The average Bonchev–Trinajstić information content (AvgIpc) is 2.29. The highest BCUT2D eigenvalue weighted by atomic mass is 16.5. The van der Waals surface area contributed by atoms with Crippen molar-refractivity contribution in [1.29, 1.82) is 5.26 Å². The minimum Gasteiger partial charge on any atom is -0.381 e. The molecule has 0 rings (SSSR count). The van der Waals surface area contributed by atoms with E-state index in [1.807, 2.05) is 13.0 Å². The van der Waals surface area contributed by atoms with Crippen molar-refractivity contribution < 1.29 is 9.53 Å². The molecule has 0 heterocycles. The largest absolute Gasteiger partial charge is 0.381 e. The van der Waals surface area contributed by atoms with Crippen molar-refractivity contribution in [3.63, 3.8) is 0 Å². The van der Waals surface area contributed by atoms with Crippen molar-refractivity contribution in [3.05, 3.63) is 0 Å². The molecule has 0 spiro atoms. The maximum Gasteiger partial charge on any atom is 0.237 e. The van der Waals surface area contributed by atoms with E-state index in [0.717, 1.165) is 25.9 Å². The van der Waals surface area contributed by atoms with Crippen molar-refractivity contribution >= 4 is 5.91 Å². The maximum absolute atomic E-state index is 11.4. The molecule has 1 atom stereocenters. The molecule has 0 fully saturated rings. The van der Waals surface area contributed by atoms with Crippen LogP contribution in [0.25, 0.3) is 0 Å². The summed E-state index contributed by atoms with van der Waals surface area (Å²) in [7, 11) is 0. The minimum absolute atomic E-state index is 0.168. The fourth-order valence-corrected chi connectivity index (χ4v) is 1.19. The van der Waals surface area contributed by atoms with E-state index in [1.165, 1.54) is 0 Å². The number of carbonyl (C=O) groups is 1. The molecule has 92 valence electrons. The number of hydrogen-bond acceptors (Lipinski definition) is 3. The first-order chi connectivity index (χ1) is 7.76. The van der Waals surface area contributed by atoms with Gasteiger partial charge in [-0.2, -0.15) is 5.26 Å². The molecule has 16 heavy (non-hydrogen) atoms. The average molecular weight is 226 g/mol. The summed E-state index contributed by atoms with van der Waals surface area (Å²) < 4.78 is 5.35. The van der Waals surface area contributed by atoms with E-state index in [2.05, 4.69) is 12.2 Å². The van der Waals surface area contributed by atoms with Crippen LogP contribution in [0.15, 0.2) is 0 Å². The van der Waals surface area contributed by atoms with Gasteiger partial charge >= 0.3 is 0 Å². The van der Waals surface area contributed by atoms with Crippen LogP contribution in [-0.4, -0.2) is 25.7 Å². The number of hydrogen-bond donors (Lipinski definition) is 1. The molecule has 0 aromatic carbocycles. The van der Waals surface area contributed by atoms with Gasteiger partial charge in [-0.05, 0) is 19.3 Å². The maximum atomic E-state index is 11.4. The predicted octanol–water partition coefficient (Wildman–Crippen LogP) is 1.86. The summed E-state index contributed by atoms with van der Waals surface area (Å²) in [5.41, 5.74) is 0. The van der Waals surface area contributed by atoms with Crippen LogP contribution in [0.3, 0.4) is 0 Å². The number of rotatable bonds is 9. The molecule has 0 aromatic heterocycles. The van der Waals surface area contributed by atoms with E-state index in [-0.39, 0.29) is 5.91 Å². The topological polar surface area (TPSA) is 62.1 Å².